The fourth-order valence-electron chi connectivity index (χ4n) is 3.07. The number of nitrogens with one attached hydrogen (secondary N) is 1. The number of hydrogen-bond acceptors (Lipinski definition) is 6. The monoisotopic (exact) mass is 418 g/mol. The minimum atomic E-state index is -3.91. The van der Waals surface area contributed by atoms with Crippen molar-refractivity contribution in [3.63, 3.8) is 0 Å². The Labute approximate surface area is 163 Å². The van der Waals surface area contributed by atoms with Crippen LogP contribution in [0.3, 0.4) is 0 Å². The maximum absolute atomic E-state index is 12.4. The number of nitro benzene ring substituents is 1. The number of nitrogens with zero attached hydrogens (tertiary/aromatic N) is 2. The first-order valence-electron chi connectivity index (χ1n) is 8.57. The van der Waals surface area contributed by atoms with Crippen molar-refractivity contribution in [2.24, 2.45) is 11.7 Å². The van der Waals surface area contributed by atoms with Crippen molar-refractivity contribution >= 4 is 33.2 Å². The molecule has 1 amide bonds. The van der Waals surface area contributed by atoms with Gasteiger partial charge in [-0.2, -0.15) is 0 Å². The molecule has 0 aromatic heterocycles. The van der Waals surface area contributed by atoms with E-state index in [1.54, 1.807) is 0 Å². The smallest absolute Gasteiger partial charge is 0.275 e. The molecule has 11 heteroatoms. The summed E-state index contributed by atoms with van der Waals surface area (Å²) in [6.45, 7) is 3.68. The average Bonchev–Trinajstić information content (AvgIpc) is 2.60. The minimum absolute atomic E-state index is 0.0235. The molecule has 9 nitrogen and oxygen atoms in total. The molecule has 1 aliphatic rings. The molecule has 1 heterocycles. The number of carbonyl (C=O) groups is 1. The summed E-state index contributed by atoms with van der Waals surface area (Å²) >= 11 is 5.93. The van der Waals surface area contributed by atoms with Crippen LogP contribution in [0.5, 0.6) is 0 Å². The maximum atomic E-state index is 12.4. The summed E-state index contributed by atoms with van der Waals surface area (Å²) in [4.78, 5) is 23.5. The summed E-state index contributed by atoms with van der Waals surface area (Å²) in [5, 5.41) is 11.1. The predicted molar refractivity (Wildman–Crippen MR) is 101 cm³/mol. The van der Waals surface area contributed by atoms with E-state index in [4.69, 9.17) is 17.3 Å². The van der Waals surface area contributed by atoms with Crippen molar-refractivity contribution in [2.75, 3.05) is 26.2 Å². The van der Waals surface area contributed by atoms with Gasteiger partial charge in [0, 0.05) is 24.7 Å². The number of piperidine rings is 1. The molecular formula is C16H23ClN4O5S. The molecule has 0 bridgehead atoms. The van der Waals surface area contributed by atoms with Crippen molar-refractivity contribution in [1.29, 1.82) is 0 Å². The molecule has 1 saturated heterocycles. The molecule has 1 aromatic rings. The van der Waals surface area contributed by atoms with Gasteiger partial charge in [-0.3, -0.25) is 14.9 Å². The zero-order valence-corrected chi connectivity index (χ0v) is 16.6. The molecule has 1 aromatic carbocycles. The van der Waals surface area contributed by atoms with E-state index in [0.29, 0.717) is 19.5 Å². The summed E-state index contributed by atoms with van der Waals surface area (Å²) in [5.41, 5.74) is 5.22. The lowest BCUT2D eigenvalue weighted by molar-refractivity contribution is -0.385. The highest BCUT2D eigenvalue weighted by molar-refractivity contribution is 7.89. The third-order valence-electron chi connectivity index (χ3n) is 4.65. The van der Waals surface area contributed by atoms with Gasteiger partial charge in [-0.15, -0.1) is 0 Å². The number of amides is 1. The molecule has 0 radical (unpaired) electrons. The van der Waals surface area contributed by atoms with E-state index in [9.17, 15) is 23.3 Å². The predicted octanol–water partition coefficient (Wildman–Crippen LogP) is 1.42. The zero-order valence-electron chi connectivity index (χ0n) is 15.0. The van der Waals surface area contributed by atoms with Gasteiger partial charge < -0.3 is 10.6 Å². The van der Waals surface area contributed by atoms with E-state index >= 15 is 0 Å². The van der Waals surface area contributed by atoms with Gasteiger partial charge in [-0.05, 0) is 45.3 Å². The Morgan fingerprint density at radius 3 is 2.81 bits per heavy atom. The minimum Gasteiger partial charge on any atom is -0.369 e. The van der Waals surface area contributed by atoms with Gasteiger partial charge in [0.25, 0.3) is 5.69 Å². The Morgan fingerprint density at radius 2 is 2.19 bits per heavy atom. The van der Waals surface area contributed by atoms with E-state index in [1.807, 2.05) is 0 Å². The van der Waals surface area contributed by atoms with Gasteiger partial charge in [0.1, 0.15) is 0 Å². The molecule has 150 valence electrons. The Morgan fingerprint density at radius 1 is 1.48 bits per heavy atom. The molecule has 1 atom stereocenters. The number of nitrogens with two attached hydrogens (primary N) is 1. The summed E-state index contributed by atoms with van der Waals surface area (Å²) in [6.07, 6.45) is 2.20. The Hall–Kier alpha value is -1.75. The van der Waals surface area contributed by atoms with Crippen molar-refractivity contribution in [3.05, 3.63) is 32.8 Å². The van der Waals surface area contributed by atoms with Crippen LogP contribution >= 0.6 is 11.6 Å². The number of likely N-dealkylation sites (tertiary alicyclic amines) is 1. The van der Waals surface area contributed by atoms with Gasteiger partial charge in [0.15, 0.2) is 0 Å². The van der Waals surface area contributed by atoms with Crippen LogP contribution in [0.1, 0.15) is 24.8 Å². The number of benzene rings is 1. The molecule has 3 N–H and O–H groups in total. The normalized spacial score (nSPS) is 18.4. The second-order valence-corrected chi connectivity index (χ2v) is 8.77. The number of sulfonamides is 1. The first-order valence-corrected chi connectivity index (χ1v) is 10.4. The van der Waals surface area contributed by atoms with Crippen LogP contribution in [0.2, 0.25) is 5.02 Å². The topological polar surface area (TPSA) is 136 Å². The van der Waals surface area contributed by atoms with E-state index in [1.165, 1.54) is 13.0 Å². The highest BCUT2D eigenvalue weighted by atomic mass is 35.5. The lowest BCUT2D eigenvalue weighted by atomic mass is 9.97. The Bertz CT molecular complexity index is 830. The van der Waals surface area contributed by atoms with Gasteiger partial charge in [0.2, 0.25) is 15.9 Å². The van der Waals surface area contributed by atoms with Crippen molar-refractivity contribution in [2.45, 2.75) is 31.1 Å². The van der Waals surface area contributed by atoms with Crippen molar-refractivity contribution in [1.82, 2.24) is 9.62 Å². The SMILES string of the molecule is Cc1c(Cl)cc(S(=O)(=O)NCCCN2CCCC(C(N)=O)C2)cc1[N+](=O)[O-]. The quantitative estimate of drug-likeness (QED) is 0.372. The van der Waals surface area contributed by atoms with Crippen LogP contribution in [0, 0.1) is 23.0 Å². The first kappa shape index (κ1) is 21.5. The summed E-state index contributed by atoms with van der Waals surface area (Å²) in [5.74, 6) is -0.469. The Kier molecular flexibility index (Phi) is 7.15. The second kappa shape index (κ2) is 8.96. The molecule has 1 fully saturated rings. The van der Waals surface area contributed by atoms with E-state index < -0.39 is 14.9 Å². The van der Waals surface area contributed by atoms with E-state index in [-0.39, 0.29) is 39.5 Å². The summed E-state index contributed by atoms with van der Waals surface area (Å²) < 4.78 is 27.2. The molecule has 2 rings (SSSR count). The highest BCUT2D eigenvalue weighted by Gasteiger charge is 2.24. The third kappa shape index (κ3) is 5.61. The van der Waals surface area contributed by atoms with Crippen molar-refractivity contribution < 1.29 is 18.1 Å². The number of halogens is 1. The number of nitro groups is 1. The lowest BCUT2D eigenvalue weighted by Crippen LogP contribution is -2.42. The van der Waals surface area contributed by atoms with E-state index in [2.05, 4.69) is 9.62 Å². The standard InChI is InChI=1S/C16H23ClN4O5S/c1-11-14(17)8-13(9-15(11)21(23)24)27(25,26)19-5-3-7-20-6-2-4-12(10-20)16(18)22/h8-9,12,19H,2-7,10H2,1H3,(H2,18,22). The van der Waals surface area contributed by atoms with Gasteiger partial charge >= 0.3 is 0 Å². The number of rotatable bonds is 8. The number of hydrogen-bond donors (Lipinski definition) is 2. The molecule has 0 spiro atoms. The molecule has 27 heavy (non-hydrogen) atoms. The average molecular weight is 419 g/mol. The number of primary amides is 1. The van der Waals surface area contributed by atoms with E-state index in [0.717, 1.165) is 25.5 Å². The maximum Gasteiger partial charge on any atom is 0.275 e. The molecule has 1 aliphatic heterocycles. The first-order chi connectivity index (χ1) is 12.6. The van der Waals surface area contributed by atoms with Gasteiger partial charge in [-0.25, -0.2) is 13.1 Å². The summed E-state index contributed by atoms with van der Waals surface area (Å²) in [7, 11) is -3.91. The molecular weight excluding hydrogens is 396 g/mol. The zero-order chi connectivity index (χ0) is 20.2. The van der Waals surface area contributed by atoms with Gasteiger partial charge in [-0.1, -0.05) is 11.6 Å². The van der Waals surface area contributed by atoms with Crippen LogP contribution in [0.25, 0.3) is 0 Å². The number of carbonyl (C=O) groups excluding carboxylic acids is 1. The van der Waals surface area contributed by atoms with Crippen LogP contribution < -0.4 is 10.5 Å². The van der Waals surface area contributed by atoms with Crippen LogP contribution in [-0.2, 0) is 14.8 Å². The molecule has 1 unspecified atom stereocenters. The van der Waals surface area contributed by atoms with Crippen molar-refractivity contribution in [3.8, 4) is 0 Å². The Balaban J connectivity index is 1.94. The lowest BCUT2D eigenvalue weighted by Gasteiger charge is -2.31. The third-order valence-corrected chi connectivity index (χ3v) is 6.48. The fourth-order valence-corrected chi connectivity index (χ4v) is 4.47. The second-order valence-electron chi connectivity index (χ2n) is 6.60. The molecule has 0 aliphatic carbocycles. The van der Waals surface area contributed by atoms with Crippen LogP contribution in [0.4, 0.5) is 5.69 Å². The van der Waals surface area contributed by atoms with Crippen LogP contribution in [0.15, 0.2) is 17.0 Å². The van der Waals surface area contributed by atoms with Crippen LogP contribution in [-0.4, -0.2) is 50.3 Å². The van der Waals surface area contributed by atoms with Gasteiger partial charge in [0.05, 0.1) is 20.8 Å². The fraction of sp³-hybridized carbons (Fsp3) is 0.562. The largest absolute Gasteiger partial charge is 0.369 e. The highest BCUT2D eigenvalue weighted by Crippen LogP contribution is 2.29. The summed E-state index contributed by atoms with van der Waals surface area (Å²) in [6, 6.07) is 2.21. The molecule has 0 saturated carbocycles.